The van der Waals surface area contributed by atoms with E-state index >= 15 is 0 Å². The van der Waals surface area contributed by atoms with Crippen LogP contribution in [-0.4, -0.2) is 30.2 Å². The van der Waals surface area contributed by atoms with Gasteiger partial charge in [-0.15, -0.1) is 0 Å². The lowest BCUT2D eigenvalue weighted by Crippen LogP contribution is -2.35. The Hall–Kier alpha value is -1.10. The Kier molecular flexibility index (Phi) is 2.65. The molecule has 2 rings (SSSR count). The molecule has 15 heavy (non-hydrogen) atoms. The van der Waals surface area contributed by atoms with E-state index < -0.39 is 15.1 Å². The molecule has 4 nitrogen and oxygen atoms in total. The topological polar surface area (TPSA) is 67.0 Å². The zero-order valence-corrected chi connectivity index (χ0v) is 9.09. The number of carbonyl (C=O) groups is 1. The molecule has 0 bridgehead atoms. The van der Waals surface area contributed by atoms with Crippen LogP contribution in [0.15, 0.2) is 18.5 Å². The largest absolute Gasteiger partial charge is 0.367 e. The summed E-state index contributed by atoms with van der Waals surface area (Å²) in [5, 5.41) is -0.818. The Labute approximate surface area is 88.6 Å². The molecule has 1 aromatic heterocycles. The second-order valence-corrected chi connectivity index (χ2v) is 6.12. The van der Waals surface area contributed by atoms with Crippen molar-refractivity contribution in [3.05, 3.63) is 24.0 Å². The van der Waals surface area contributed by atoms with E-state index in [0.717, 1.165) is 6.42 Å². The van der Waals surface area contributed by atoms with E-state index in [2.05, 4.69) is 4.98 Å². The van der Waals surface area contributed by atoms with Crippen molar-refractivity contribution in [2.24, 2.45) is 0 Å². The molecule has 0 aromatic carbocycles. The molecule has 1 aliphatic heterocycles. The summed E-state index contributed by atoms with van der Waals surface area (Å²) in [7, 11) is -3.21. The number of ketones is 1. The minimum absolute atomic E-state index is 0.147. The van der Waals surface area contributed by atoms with Crippen LogP contribution in [0.5, 0.6) is 0 Å². The molecular weight excluding hydrogens is 214 g/mol. The molecule has 1 N–H and O–H groups in total. The molecule has 1 saturated heterocycles. The standard InChI is InChI=1S/C10H13NO3S/c12-10(8-4-5-11-7-8)9-3-1-2-6-15(9,13)14/h4-5,7,9,11H,1-3,6H2. The van der Waals surface area contributed by atoms with Crippen molar-refractivity contribution in [3.8, 4) is 0 Å². The SMILES string of the molecule is O=C(c1cc[nH]c1)C1CCCCS1(=O)=O. The number of hydrogen-bond acceptors (Lipinski definition) is 3. The molecule has 0 saturated carbocycles. The van der Waals surface area contributed by atoms with Crippen LogP contribution in [0.4, 0.5) is 0 Å². The van der Waals surface area contributed by atoms with Crippen molar-refractivity contribution in [3.63, 3.8) is 0 Å². The molecule has 0 aliphatic carbocycles. The van der Waals surface area contributed by atoms with Gasteiger partial charge in [-0.1, -0.05) is 6.42 Å². The van der Waals surface area contributed by atoms with Gasteiger partial charge < -0.3 is 4.98 Å². The molecule has 5 heteroatoms. The van der Waals surface area contributed by atoms with E-state index in [1.54, 1.807) is 18.5 Å². The van der Waals surface area contributed by atoms with E-state index in [-0.39, 0.29) is 11.5 Å². The van der Waals surface area contributed by atoms with Crippen LogP contribution < -0.4 is 0 Å². The van der Waals surface area contributed by atoms with Gasteiger partial charge in [0.15, 0.2) is 15.6 Å². The van der Waals surface area contributed by atoms with Gasteiger partial charge in [-0.3, -0.25) is 4.79 Å². The number of Topliss-reactive ketones (excluding diaryl/α,β-unsaturated/α-hetero) is 1. The van der Waals surface area contributed by atoms with Crippen LogP contribution in [0.2, 0.25) is 0 Å². The minimum Gasteiger partial charge on any atom is -0.367 e. The third-order valence-electron chi connectivity index (χ3n) is 2.75. The highest BCUT2D eigenvalue weighted by molar-refractivity contribution is 7.92. The third kappa shape index (κ3) is 1.97. The van der Waals surface area contributed by atoms with Crippen LogP contribution in [-0.2, 0) is 9.84 Å². The molecule has 0 amide bonds. The highest BCUT2D eigenvalue weighted by Crippen LogP contribution is 2.22. The van der Waals surface area contributed by atoms with Crippen molar-refractivity contribution in [2.45, 2.75) is 24.5 Å². The van der Waals surface area contributed by atoms with Crippen LogP contribution in [0.3, 0.4) is 0 Å². The average Bonchev–Trinajstić information content (AvgIpc) is 2.69. The maximum atomic E-state index is 11.9. The van der Waals surface area contributed by atoms with Crippen LogP contribution >= 0.6 is 0 Å². The first-order valence-corrected chi connectivity index (χ1v) is 6.71. The summed E-state index contributed by atoms with van der Waals surface area (Å²) in [4.78, 5) is 14.6. The Morgan fingerprint density at radius 1 is 1.40 bits per heavy atom. The van der Waals surface area contributed by atoms with E-state index in [4.69, 9.17) is 0 Å². The van der Waals surface area contributed by atoms with Crippen molar-refractivity contribution >= 4 is 15.6 Å². The molecular formula is C10H13NO3S. The lowest BCUT2D eigenvalue weighted by molar-refractivity contribution is 0.0981. The summed E-state index contributed by atoms with van der Waals surface area (Å²) in [5.74, 6) is -0.121. The first kappa shape index (κ1) is 10.4. The van der Waals surface area contributed by atoms with Crippen molar-refractivity contribution in [1.29, 1.82) is 0 Å². The Morgan fingerprint density at radius 2 is 2.20 bits per heavy atom. The Bertz CT molecular complexity index is 447. The lowest BCUT2D eigenvalue weighted by atomic mass is 10.1. The lowest BCUT2D eigenvalue weighted by Gasteiger charge is -2.20. The fourth-order valence-electron chi connectivity index (χ4n) is 1.91. The second kappa shape index (κ2) is 3.81. The van der Waals surface area contributed by atoms with Gasteiger partial charge in [0.05, 0.1) is 5.75 Å². The molecule has 1 fully saturated rings. The predicted octanol–water partition coefficient (Wildman–Crippen LogP) is 1.16. The smallest absolute Gasteiger partial charge is 0.182 e. The molecule has 82 valence electrons. The number of nitrogens with one attached hydrogen (secondary N) is 1. The molecule has 1 unspecified atom stereocenters. The quantitative estimate of drug-likeness (QED) is 0.771. The summed E-state index contributed by atoms with van der Waals surface area (Å²) in [6, 6.07) is 1.62. The Morgan fingerprint density at radius 3 is 2.80 bits per heavy atom. The second-order valence-electron chi connectivity index (χ2n) is 3.82. The van der Waals surface area contributed by atoms with E-state index in [0.29, 0.717) is 18.4 Å². The fourth-order valence-corrected chi connectivity index (χ4v) is 3.79. The van der Waals surface area contributed by atoms with Crippen LogP contribution in [0.1, 0.15) is 29.6 Å². The maximum Gasteiger partial charge on any atom is 0.182 e. The van der Waals surface area contributed by atoms with Crippen molar-refractivity contribution in [1.82, 2.24) is 4.98 Å². The van der Waals surface area contributed by atoms with Gasteiger partial charge in [0, 0.05) is 18.0 Å². The average molecular weight is 227 g/mol. The number of hydrogen-bond donors (Lipinski definition) is 1. The highest BCUT2D eigenvalue weighted by atomic mass is 32.2. The predicted molar refractivity (Wildman–Crippen MR) is 56.5 cm³/mol. The zero-order valence-electron chi connectivity index (χ0n) is 8.27. The van der Waals surface area contributed by atoms with Crippen LogP contribution in [0.25, 0.3) is 0 Å². The fraction of sp³-hybridized carbons (Fsp3) is 0.500. The van der Waals surface area contributed by atoms with Gasteiger partial charge in [-0.2, -0.15) is 0 Å². The number of carbonyl (C=O) groups excluding carboxylic acids is 1. The Balaban J connectivity index is 2.27. The first-order chi connectivity index (χ1) is 7.11. The maximum absolute atomic E-state index is 11.9. The molecule has 1 aliphatic rings. The monoisotopic (exact) mass is 227 g/mol. The summed E-state index contributed by atoms with van der Waals surface area (Å²) < 4.78 is 23.4. The van der Waals surface area contributed by atoms with Gasteiger partial charge >= 0.3 is 0 Å². The third-order valence-corrected chi connectivity index (χ3v) is 4.93. The summed E-state index contributed by atoms with van der Waals surface area (Å²) in [6.07, 6.45) is 5.14. The van der Waals surface area contributed by atoms with Gasteiger partial charge in [0.1, 0.15) is 5.25 Å². The number of sulfone groups is 1. The molecule has 1 atom stereocenters. The van der Waals surface area contributed by atoms with Crippen LogP contribution in [0, 0.1) is 0 Å². The molecule has 0 radical (unpaired) electrons. The van der Waals surface area contributed by atoms with Crippen molar-refractivity contribution in [2.75, 3.05) is 5.75 Å². The molecule has 1 aromatic rings. The first-order valence-electron chi connectivity index (χ1n) is 5.00. The van der Waals surface area contributed by atoms with E-state index in [1.807, 2.05) is 0 Å². The summed E-state index contributed by atoms with van der Waals surface area (Å²) >= 11 is 0. The normalized spacial score (nSPS) is 24.9. The minimum atomic E-state index is -3.21. The van der Waals surface area contributed by atoms with Gasteiger partial charge in [0.2, 0.25) is 0 Å². The zero-order chi connectivity index (χ0) is 10.9. The van der Waals surface area contributed by atoms with E-state index in [9.17, 15) is 13.2 Å². The molecule has 2 heterocycles. The number of aromatic nitrogens is 1. The number of aromatic amines is 1. The van der Waals surface area contributed by atoms with E-state index in [1.165, 1.54) is 0 Å². The van der Waals surface area contributed by atoms with Crippen molar-refractivity contribution < 1.29 is 13.2 Å². The van der Waals surface area contributed by atoms with Gasteiger partial charge in [-0.25, -0.2) is 8.42 Å². The van der Waals surface area contributed by atoms with Gasteiger partial charge in [-0.05, 0) is 18.9 Å². The highest BCUT2D eigenvalue weighted by Gasteiger charge is 2.35. The summed E-state index contributed by atoms with van der Waals surface area (Å²) in [6.45, 7) is 0. The van der Waals surface area contributed by atoms with Gasteiger partial charge in [0.25, 0.3) is 0 Å². The number of rotatable bonds is 2. The summed E-state index contributed by atoms with van der Waals surface area (Å²) in [5.41, 5.74) is 0.463. The molecule has 0 spiro atoms. The number of H-pyrrole nitrogens is 1.